The Balaban J connectivity index is 1.56. The highest BCUT2D eigenvalue weighted by molar-refractivity contribution is 7.90. The molecular weight excluding hydrogens is 326 g/mol. The summed E-state index contributed by atoms with van der Waals surface area (Å²) in [6.45, 7) is 4.13. The first-order valence-corrected chi connectivity index (χ1v) is 10.0. The van der Waals surface area contributed by atoms with E-state index in [-0.39, 0.29) is 0 Å². The van der Waals surface area contributed by atoms with E-state index in [1.165, 1.54) is 39.8 Å². The second-order valence-corrected chi connectivity index (χ2v) is 8.64. The Bertz CT molecular complexity index is 633. The van der Waals surface area contributed by atoms with E-state index in [9.17, 15) is 8.42 Å². The molecule has 1 N–H and O–H groups in total. The third-order valence-electron chi connectivity index (χ3n) is 4.95. The van der Waals surface area contributed by atoms with E-state index in [1.807, 2.05) is 6.07 Å². The van der Waals surface area contributed by atoms with Crippen LogP contribution in [0, 0.1) is 0 Å². The third-order valence-corrected chi connectivity index (χ3v) is 6.41. The predicted octanol–water partition coefficient (Wildman–Crippen LogP) is 1.36. The lowest BCUT2D eigenvalue weighted by Crippen LogP contribution is -2.49. The zero-order valence-corrected chi connectivity index (χ0v) is 15.3. The summed E-state index contributed by atoms with van der Waals surface area (Å²) >= 11 is 0. The summed E-state index contributed by atoms with van der Waals surface area (Å²) in [7, 11) is -0.495. The number of hydrogen-bond acceptors (Lipinski definition) is 5. The second kappa shape index (κ2) is 7.25. The highest BCUT2D eigenvalue weighted by Gasteiger charge is 2.26. The van der Waals surface area contributed by atoms with Crippen LogP contribution in [-0.4, -0.2) is 68.9 Å². The van der Waals surface area contributed by atoms with Gasteiger partial charge in [0.05, 0.1) is 11.9 Å². The van der Waals surface area contributed by atoms with Crippen LogP contribution in [0.15, 0.2) is 18.3 Å². The van der Waals surface area contributed by atoms with Gasteiger partial charge in [-0.2, -0.15) is 12.7 Å². The van der Waals surface area contributed by atoms with Crippen LogP contribution in [-0.2, 0) is 10.2 Å². The highest BCUT2D eigenvalue weighted by atomic mass is 32.2. The van der Waals surface area contributed by atoms with Crippen LogP contribution in [0.2, 0.25) is 0 Å². The predicted molar refractivity (Wildman–Crippen MR) is 96.5 cm³/mol. The number of piperazine rings is 1. The van der Waals surface area contributed by atoms with Crippen molar-refractivity contribution in [2.75, 3.05) is 49.9 Å². The minimum Gasteiger partial charge on any atom is -0.354 e. The van der Waals surface area contributed by atoms with Crippen molar-refractivity contribution in [3.05, 3.63) is 18.3 Å². The topological polar surface area (TPSA) is 68.8 Å². The van der Waals surface area contributed by atoms with E-state index in [2.05, 4.69) is 19.5 Å². The molecule has 0 bridgehead atoms. The molecule has 1 aliphatic heterocycles. The van der Waals surface area contributed by atoms with E-state index < -0.39 is 10.2 Å². The molecule has 7 nitrogen and oxygen atoms in total. The van der Waals surface area contributed by atoms with E-state index in [4.69, 9.17) is 0 Å². The first-order chi connectivity index (χ1) is 11.5. The van der Waals surface area contributed by atoms with Crippen LogP contribution < -0.4 is 9.62 Å². The summed E-state index contributed by atoms with van der Waals surface area (Å²) < 4.78 is 27.3. The van der Waals surface area contributed by atoms with Crippen LogP contribution in [0.4, 0.5) is 11.5 Å². The van der Waals surface area contributed by atoms with Crippen LogP contribution in [0.5, 0.6) is 0 Å². The standard InChI is InChI=1S/C16H27N5O2S/c1-19(2)24(22,23)18-14-7-8-16(17-13-14)21-11-9-20(10-12-21)15-5-3-4-6-15/h7-8,13,15,18H,3-6,9-12H2,1-2H3. The van der Waals surface area contributed by atoms with Gasteiger partial charge in [-0.1, -0.05) is 12.8 Å². The molecule has 3 rings (SSSR count). The van der Waals surface area contributed by atoms with Gasteiger partial charge in [-0.15, -0.1) is 0 Å². The number of hydrogen-bond donors (Lipinski definition) is 1. The maximum absolute atomic E-state index is 11.8. The maximum atomic E-state index is 11.8. The molecule has 1 aromatic rings. The molecule has 0 radical (unpaired) electrons. The molecule has 134 valence electrons. The molecular formula is C16H27N5O2S. The molecule has 0 aromatic carbocycles. The maximum Gasteiger partial charge on any atom is 0.301 e. The monoisotopic (exact) mass is 353 g/mol. The Morgan fingerprint density at radius 2 is 1.79 bits per heavy atom. The van der Waals surface area contributed by atoms with Crippen molar-refractivity contribution in [2.24, 2.45) is 0 Å². The van der Waals surface area contributed by atoms with Crippen molar-refractivity contribution < 1.29 is 8.42 Å². The van der Waals surface area contributed by atoms with Crippen molar-refractivity contribution in [3.8, 4) is 0 Å². The Morgan fingerprint density at radius 3 is 2.33 bits per heavy atom. The molecule has 8 heteroatoms. The van der Waals surface area contributed by atoms with Gasteiger partial charge in [0.25, 0.3) is 0 Å². The van der Waals surface area contributed by atoms with Gasteiger partial charge in [-0.25, -0.2) is 4.98 Å². The summed E-state index contributed by atoms with van der Waals surface area (Å²) in [4.78, 5) is 9.32. The van der Waals surface area contributed by atoms with E-state index in [0.717, 1.165) is 42.3 Å². The molecule has 24 heavy (non-hydrogen) atoms. The van der Waals surface area contributed by atoms with Gasteiger partial charge in [0.1, 0.15) is 5.82 Å². The van der Waals surface area contributed by atoms with Crippen molar-refractivity contribution in [1.82, 2.24) is 14.2 Å². The zero-order chi connectivity index (χ0) is 17.2. The third kappa shape index (κ3) is 3.99. The number of nitrogens with zero attached hydrogens (tertiary/aromatic N) is 4. The molecule has 0 unspecified atom stereocenters. The Kier molecular flexibility index (Phi) is 5.27. The molecule has 0 spiro atoms. The van der Waals surface area contributed by atoms with Crippen LogP contribution in [0.25, 0.3) is 0 Å². The summed E-state index contributed by atoms with van der Waals surface area (Å²) in [5.74, 6) is 0.911. The number of pyridine rings is 1. The van der Waals surface area contributed by atoms with Gasteiger partial charge < -0.3 is 4.90 Å². The van der Waals surface area contributed by atoms with E-state index in [0.29, 0.717) is 5.69 Å². The molecule has 1 saturated heterocycles. The quantitative estimate of drug-likeness (QED) is 0.866. The van der Waals surface area contributed by atoms with Gasteiger partial charge in [0, 0.05) is 46.3 Å². The summed E-state index contributed by atoms with van der Waals surface area (Å²) in [5, 5.41) is 0. The minimum absolute atomic E-state index is 0.483. The lowest BCUT2D eigenvalue weighted by atomic mass is 10.2. The van der Waals surface area contributed by atoms with Gasteiger partial charge in [0.2, 0.25) is 0 Å². The minimum atomic E-state index is -3.48. The van der Waals surface area contributed by atoms with Gasteiger partial charge in [-0.05, 0) is 25.0 Å². The van der Waals surface area contributed by atoms with Crippen LogP contribution in [0.1, 0.15) is 25.7 Å². The summed E-state index contributed by atoms with van der Waals surface area (Å²) in [6.07, 6.45) is 7.02. The lowest BCUT2D eigenvalue weighted by molar-refractivity contribution is 0.187. The molecule has 1 aliphatic carbocycles. The van der Waals surface area contributed by atoms with Crippen molar-refractivity contribution >= 4 is 21.7 Å². The van der Waals surface area contributed by atoms with Crippen molar-refractivity contribution in [2.45, 2.75) is 31.7 Å². The molecule has 0 amide bonds. The number of nitrogens with one attached hydrogen (secondary N) is 1. The summed E-state index contributed by atoms with van der Waals surface area (Å²) in [5.41, 5.74) is 0.483. The highest BCUT2D eigenvalue weighted by Crippen LogP contribution is 2.25. The Hall–Kier alpha value is -1.38. The first-order valence-electron chi connectivity index (χ1n) is 8.61. The number of anilines is 2. The molecule has 0 atom stereocenters. The number of rotatable bonds is 5. The normalized spacial score (nSPS) is 20.7. The molecule has 2 fully saturated rings. The SMILES string of the molecule is CN(C)S(=O)(=O)Nc1ccc(N2CCN(C3CCCC3)CC2)nc1. The van der Waals surface area contributed by atoms with Crippen LogP contribution >= 0.6 is 0 Å². The van der Waals surface area contributed by atoms with E-state index >= 15 is 0 Å². The Labute approximate surface area is 144 Å². The fourth-order valence-electron chi connectivity index (χ4n) is 3.46. The molecule has 1 aromatic heterocycles. The second-order valence-electron chi connectivity index (χ2n) is 6.76. The van der Waals surface area contributed by atoms with Gasteiger partial charge >= 0.3 is 10.2 Å². The first kappa shape index (κ1) is 17.4. The zero-order valence-electron chi connectivity index (χ0n) is 14.5. The van der Waals surface area contributed by atoms with Crippen molar-refractivity contribution in [1.29, 1.82) is 0 Å². The summed E-state index contributed by atoms with van der Waals surface area (Å²) in [6, 6.07) is 4.44. The average molecular weight is 353 g/mol. The molecule has 1 saturated carbocycles. The van der Waals surface area contributed by atoms with Crippen LogP contribution in [0.3, 0.4) is 0 Å². The fraction of sp³-hybridized carbons (Fsp3) is 0.688. The smallest absolute Gasteiger partial charge is 0.301 e. The fourth-order valence-corrected chi connectivity index (χ4v) is 4.06. The largest absolute Gasteiger partial charge is 0.354 e. The van der Waals surface area contributed by atoms with Gasteiger partial charge in [-0.3, -0.25) is 9.62 Å². The van der Waals surface area contributed by atoms with Gasteiger partial charge in [0.15, 0.2) is 0 Å². The van der Waals surface area contributed by atoms with Crippen molar-refractivity contribution in [3.63, 3.8) is 0 Å². The molecule has 2 aliphatic rings. The lowest BCUT2D eigenvalue weighted by Gasteiger charge is -2.38. The average Bonchev–Trinajstić information content (AvgIpc) is 3.10. The Morgan fingerprint density at radius 1 is 1.12 bits per heavy atom. The molecule has 2 heterocycles. The number of aromatic nitrogens is 1. The van der Waals surface area contributed by atoms with E-state index in [1.54, 1.807) is 12.3 Å².